The molecule has 0 spiro atoms. The third-order valence-electron chi connectivity index (χ3n) is 3.99. The zero-order valence-corrected chi connectivity index (χ0v) is 16.5. The van der Waals surface area contributed by atoms with Crippen molar-refractivity contribution in [1.82, 2.24) is 15.8 Å². The molecule has 0 unspecified atom stereocenters. The number of hydrogen-bond acceptors (Lipinski definition) is 5. The van der Waals surface area contributed by atoms with E-state index in [1.165, 1.54) is 12.1 Å². The zero-order valence-electron chi connectivity index (χ0n) is 15.7. The van der Waals surface area contributed by atoms with Gasteiger partial charge in [-0.1, -0.05) is 37.3 Å². The number of amides is 2. The summed E-state index contributed by atoms with van der Waals surface area (Å²) in [5.74, 6) is -1.17. The molecule has 8 nitrogen and oxygen atoms in total. The van der Waals surface area contributed by atoms with Crippen molar-refractivity contribution in [2.75, 3.05) is 10.5 Å². The monoisotopic (exact) mass is 412 g/mol. The van der Waals surface area contributed by atoms with Gasteiger partial charge in [0.1, 0.15) is 5.69 Å². The number of nitrogens with zero attached hydrogens (tertiary/aromatic N) is 1. The van der Waals surface area contributed by atoms with Crippen molar-refractivity contribution < 1.29 is 18.0 Å². The molecule has 0 radical (unpaired) electrons. The molecule has 2 amide bonds. The Hall–Kier alpha value is -3.46. The smallest absolute Gasteiger partial charge is 0.284 e. The highest BCUT2D eigenvalue weighted by Gasteiger charge is 2.13. The Bertz CT molecular complexity index is 1160. The lowest BCUT2D eigenvalue weighted by atomic mass is 10.2. The predicted molar refractivity (Wildman–Crippen MR) is 111 cm³/mol. The van der Waals surface area contributed by atoms with Gasteiger partial charge in [-0.3, -0.25) is 25.2 Å². The second-order valence-electron chi connectivity index (χ2n) is 6.30. The fraction of sp³-hybridized carbons (Fsp3) is 0.150. The average Bonchev–Trinajstić information content (AvgIpc) is 2.71. The van der Waals surface area contributed by atoms with Crippen LogP contribution in [0.15, 0.2) is 60.7 Å². The van der Waals surface area contributed by atoms with Gasteiger partial charge in [0.05, 0.1) is 11.3 Å². The molecule has 2 aromatic carbocycles. The maximum absolute atomic E-state index is 12.3. The molecule has 3 aromatic rings. The first kappa shape index (κ1) is 20.3. The summed E-state index contributed by atoms with van der Waals surface area (Å²) in [4.78, 5) is 28.8. The molecule has 0 aliphatic rings. The molecule has 0 fully saturated rings. The van der Waals surface area contributed by atoms with Gasteiger partial charge in [0.25, 0.3) is 11.8 Å². The SMILES string of the molecule is CCCS(=O)(=O)Nc1cccc(C(=O)NNC(=O)c2ccc3ccccc3n2)c1. The lowest BCUT2D eigenvalue weighted by Crippen LogP contribution is -2.42. The summed E-state index contributed by atoms with van der Waals surface area (Å²) in [6.07, 6.45) is 0.477. The van der Waals surface area contributed by atoms with Crippen molar-refractivity contribution in [1.29, 1.82) is 0 Å². The van der Waals surface area contributed by atoms with Crippen molar-refractivity contribution in [2.24, 2.45) is 0 Å². The second kappa shape index (κ2) is 8.70. The molecule has 0 aliphatic carbocycles. The Morgan fingerprint density at radius 2 is 1.69 bits per heavy atom. The van der Waals surface area contributed by atoms with Crippen LogP contribution in [0.25, 0.3) is 10.9 Å². The van der Waals surface area contributed by atoms with Crippen LogP contribution in [0.3, 0.4) is 0 Å². The van der Waals surface area contributed by atoms with E-state index < -0.39 is 21.8 Å². The number of sulfonamides is 1. The number of aromatic nitrogens is 1. The van der Waals surface area contributed by atoms with Gasteiger partial charge in [-0.2, -0.15) is 0 Å². The lowest BCUT2D eigenvalue weighted by molar-refractivity contribution is 0.0844. The lowest BCUT2D eigenvalue weighted by Gasteiger charge is -2.10. The minimum atomic E-state index is -3.47. The van der Waals surface area contributed by atoms with Crippen LogP contribution in [-0.4, -0.2) is 31.0 Å². The quantitative estimate of drug-likeness (QED) is 0.538. The molecule has 29 heavy (non-hydrogen) atoms. The van der Waals surface area contributed by atoms with E-state index in [-0.39, 0.29) is 22.7 Å². The number of hydrazine groups is 1. The summed E-state index contributed by atoms with van der Waals surface area (Å²) in [5, 5.41) is 0.899. The van der Waals surface area contributed by atoms with E-state index in [1.807, 2.05) is 18.2 Å². The number of rotatable bonds is 6. The summed E-state index contributed by atoms with van der Waals surface area (Å²) < 4.78 is 26.2. The van der Waals surface area contributed by atoms with E-state index in [9.17, 15) is 18.0 Å². The number of benzene rings is 2. The number of carbonyl (C=O) groups excluding carboxylic acids is 2. The Balaban J connectivity index is 1.65. The summed E-state index contributed by atoms with van der Waals surface area (Å²) >= 11 is 0. The number of anilines is 1. The van der Waals surface area contributed by atoms with E-state index >= 15 is 0 Å². The molecule has 0 bridgehead atoms. The van der Waals surface area contributed by atoms with E-state index in [4.69, 9.17) is 0 Å². The number of carbonyl (C=O) groups is 2. The predicted octanol–water partition coefficient (Wildman–Crippen LogP) is 2.46. The molecule has 0 saturated heterocycles. The summed E-state index contributed by atoms with van der Waals surface area (Å²) in [7, 11) is -3.47. The first-order valence-corrected chi connectivity index (χ1v) is 10.6. The van der Waals surface area contributed by atoms with E-state index in [0.717, 1.165) is 5.39 Å². The van der Waals surface area contributed by atoms with Crippen LogP contribution in [0, 0.1) is 0 Å². The van der Waals surface area contributed by atoms with Crippen LogP contribution in [0.2, 0.25) is 0 Å². The van der Waals surface area contributed by atoms with Gasteiger partial charge >= 0.3 is 0 Å². The van der Waals surface area contributed by atoms with Crippen LogP contribution in [0.4, 0.5) is 5.69 Å². The molecular formula is C20H20N4O4S. The number of para-hydroxylation sites is 1. The van der Waals surface area contributed by atoms with Crippen LogP contribution < -0.4 is 15.6 Å². The molecule has 1 heterocycles. The topological polar surface area (TPSA) is 117 Å². The van der Waals surface area contributed by atoms with Crippen molar-refractivity contribution >= 4 is 38.4 Å². The molecule has 3 N–H and O–H groups in total. The third-order valence-corrected chi connectivity index (χ3v) is 5.48. The van der Waals surface area contributed by atoms with Crippen LogP contribution in [0.1, 0.15) is 34.2 Å². The molecule has 1 aromatic heterocycles. The van der Waals surface area contributed by atoms with Crippen LogP contribution in [0.5, 0.6) is 0 Å². The fourth-order valence-electron chi connectivity index (χ4n) is 2.67. The van der Waals surface area contributed by atoms with Gasteiger partial charge in [0, 0.05) is 16.6 Å². The fourth-order valence-corrected chi connectivity index (χ4v) is 3.79. The number of fused-ring (bicyclic) bond motifs is 1. The Labute approximate surface area is 168 Å². The summed E-state index contributed by atoms with van der Waals surface area (Å²) in [5.41, 5.74) is 5.90. The highest BCUT2D eigenvalue weighted by molar-refractivity contribution is 7.92. The number of pyridine rings is 1. The molecule has 150 valence electrons. The Morgan fingerprint density at radius 1 is 0.931 bits per heavy atom. The molecule has 0 saturated carbocycles. The average molecular weight is 412 g/mol. The van der Waals surface area contributed by atoms with Crippen molar-refractivity contribution in [2.45, 2.75) is 13.3 Å². The van der Waals surface area contributed by atoms with Crippen LogP contribution in [-0.2, 0) is 10.0 Å². The van der Waals surface area contributed by atoms with E-state index in [0.29, 0.717) is 11.9 Å². The molecule has 0 atom stereocenters. The number of hydrogen-bond donors (Lipinski definition) is 3. The van der Waals surface area contributed by atoms with Gasteiger partial charge in [-0.15, -0.1) is 0 Å². The van der Waals surface area contributed by atoms with Gasteiger partial charge in [-0.25, -0.2) is 13.4 Å². The van der Waals surface area contributed by atoms with Crippen molar-refractivity contribution in [3.8, 4) is 0 Å². The third kappa shape index (κ3) is 5.29. The summed E-state index contributed by atoms with van der Waals surface area (Å²) in [6.45, 7) is 1.76. The minimum Gasteiger partial charge on any atom is -0.284 e. The van der Waals surface area contributed by atoms with Gasteiger partial charge in [0.2, 0.25) is 10.0 Å². The van der Waals surface area contributed by atoms with Gasteiger partial charge in [0.15, 0.2) is 0 Å². The van der Waals surface area contributed by atoms with E-state index in [2.05, 4.69) is 20.6 Å². The molecule has 9 heteroatoms. The molecular weight excluding hydrogens is 392 g/mol. The number of nitrogens with one attached hydrogen (secondary N) is 3. The maximum atomic E-state index is 12.3. The minimum absolute atomic E-state index is 0.0156. The summed E-state index contributed by atoms with van der Waals surface area (Å²) in [6, 6.07) is 16.7. The molecule has 3 rings (SSSR count). The van der Waals surface area contributed by atoms with Gasteiger partial charge < -0.3 is 0 Å². The molecule has 0 aliphatic heterocycles. The largest absolute Gasteiger partial charge is 0.288 e. The first-order valence-electron chi connectivity index (χ1n) is 8.95. The van der Waals surface area contributed by atoms with Crippen LogP contribution >= 0.6 is 0 Å². The van der Waals surface area contributed by atoms with Crippen molar-refractivity contribution in [3.63, 3.8) is 0 Å². The maximum Gasteiger partial charge on any atom is 0.288 e. The Morgan fingerprint density at radius 3 is 2.48 bits per heavy atom. The zero-order chi connectivity index (χ0) is 20.9. The highest BCUT2D eigenvalue weighted by Crippen LogP contribution is 2.13. The standard InChI is InChI=1S/C20H20N4O4S/c1-2-12-29(27,28)24-16-8-5-7-15(13-16)19(25)22-23-20(26)18-11-10-14-6-3-4-9-17(14)21-18/h3-11,13,24H,2,12H2,1H3,(H,22,25)(H,23,26). The van der Waals surface area contributed by atoms with E-state index in [1.54, 1.807) is 37.3 Å². The van der Waals surface area contributed by atoms with Crippen molar-refractivity contribution in [3.05, 3.63) is 71.9 Å². The Kier molecular flexibility index (Phi) is 6.08. The normalized spacial score (nSPS) is 11.1. The highest BCUT2D eigenvalue weighted by atomic mass is 32.2. The first-order chi connectivity index (χ1) is 13.9. The van der Waals surface area contributed by atoms with Gasteiger partial charge in [-0.05, 0) is 36.8 Å². The second-order valence-corrected chi connectivity index (χ2v) is 8.14.